The Bertz CT molecular complexity index is 1010. The molecule has 3 nitrogen and oxygen atoms in total. The Kier molecular flexibility index (Phi) is 4.20. The Balaban J connectivity index is 2.00. The second-order valence-electron chi connectivity index (χ2n) is 7.56. The van der Waals surface area contributed by atoms with Crippen LogP contribution in [0.5, 0.6) is 0 Å². The Hall–Kier alpha value is -2.73. The van der Waals surface area contributed by atoms with Gasteiger partial charge in [0.15, 0.2) is 0 Å². The van der Waals surface area contributed by atoms with Gasteiger partial charge in [0.25, 0.3) is 0 Å². The normalized spacial score (nSPS) is 15.3. The van der Waals surface area contributed by atoms with E-state index < -0.39 is 0 Å². The minimum Gasteiger partial charge on any atom is -0.398 e. The second-order valence-corrected chi connectivity index (χ2v) is 7.56. The minimum absolute atomic E-state index is 0.550. The molecule has 3 aromatic rings. The summed E-state index contributed by atoms with van der Waals surface area (Å²) in [6.07, 6.45) is 8.70. The molecule has 0 amide bonds. The maximum absolute atomic E-state index is 9.52. The van der Waals surface area contributed by atoms with E-state index in [1.54, 1.807) is 0 Å². The third-order valence-electron chi connectivity index (χ3n) is 5.93. The molecule has 0 atom stereocenters. The molecule has 0 bridgehead atoms. The summed E-state index contributed by atoms with van der Waals surface area (Å²) < 4.78 is 2.46. The van der Waals surface area contributed by atoms with Crippen molar-refractivity contribution in [3.05, 3.63) is 53.2 Å². The number of benzene rings is 2. The number of fused-ring (bicyclic) bond motifs is 1. The van der Waals surface area contributed by atoms with Gasteiger partial charge in [-0.05, 0) is 61.6 Å². The van der Waals surface area contributed by atoms with Gasteiger partial charge in [0, 0.05) is 34.4 Å². The summed E-state index contributed by atoms with van der Waals surface area (Å²) in [5.41, 5.74) is 13.5. The third-order valence-corrected chi connectivity index (χ3v) is 5.93. The third kappa shape index (κ3) is 2.66. The van der Waals surface area contributed by atoms with Crippen LogP contribution in [-0.2, 0) is 0 Å². The average Bonchev–Trinajstić information content (AvgIpc) is 3.02. The number of hydrogen-bond acceptors (Lipinski definition) is 2. The van der Waals surface area contributed by atoms with Crippen LogP contribution in [0.1, 0.15) is 54.8 Å². The molecule has 1 saturated carbocycles. The fourth-order valence-corrected chi connectivity index (χ4v) is 4.34. The first-order valence-electron chi connectivity index (χ1n) is 9.51. The van der Waals surface area contributed by atoms with Crippen LogP contribution in [0.25, 0.3) is 22.0 Å². The molecule has 0 aliphatic heterocycles. The van der Waals surface area contributed by atoms with Gasteiger partial charge < -0.3 is 10.3 Å². The largest absolute Gasteiger partial charge is 0.398 e. The zero-order valence-corrected chi connectivity index (χ0v) is 15.5. The summed E-state index contributed by atoms with van der Waals surface area (Å²) in [4.78, 5) is 0. The van der Waals surface area contributed by atoms with Crippen LogP contribution in [-0.4, -0.2) is 4.57 Å². The lowest BCUT2D eigenvalue weighted by Crippen LogP contribution is -2.11. The number of hydrogen-bond donors (Lipinski definition) is 1. The zero-order chi connectivity index (χ0) is 18.3. The van der Waals surface area contributed by atoms with Gasteiger partial charge in [-0.2, -0.15) is 5.26 Å². The van der Waals surface area contributed by atoms with Crippen LogP contribution in [0.15, 0.2) is 36.5 Å². The lowest BCUT2D eigenvalue weighted by atomic mass is 9.95. The van der Waals surface area contributed by atoms with E-state index in [1.165, 1.54) is 43.2 Å². The molecule has 26 heavy (non-hydrogen) atoms. The van der Waals surface area contributed by atoms with Gasteiger partial charge in [-0.25, -0.2) is 0 Å². The van der Waals surface area contributed by atoms with E-state index in [9.17, 15) is 5.26 Å². The van der Waals surface area contributed by atoms with Gasteiger partial charge >= 0.3 is 0 Å². The van der Waals surface area contributed by atoms with E-state index in [-0.39, 0.29) is 0 Å². The van der Waals surface area contributed by atoms with Gasteiger partial charge in [-0.15, -0.1) is 0 Å². The number of nitrogen functional groups attached to an aromatic ring is 1. The van der Waals surface area contributed by atoms with Crippen molar-refractivity contribution in [3.8, 4) is 17.2 Å². The van der Waals surface area contributed by atoms with Gasteiger partial charge in [0.2, 0.25) is 0 Å². The van der Waals surface area contributed by atoms with E-state index in [4.69, 9.17) is 5.73 Å². The fourth-order valence-electron chi connectivity index (χ4n) is 4.34. The van der Waals surface area contributed by atoms with Crippen molar-refractivity contribution in [2.75, 3.05) is 5.73 Å². The van der Waals surface area contributed by atoms with E-state index in [1.807, 2.05) is 19.1 Å². The first kappa shape index (κ1) is 16.7. The maximum Gasteiger partial charge on any atom is 0.0994 e. The average molecular weight is 343 g/mol. The monoisotopic (exact) mass is 343 g/mol. The molecule has 1 heterocycles. The van der Waals surface area contributed by atoms with Crippen molar-refractivity contribution in [1.82, 2.24) is 4.57 Å². The van der Waals surface area contributed by atoms with Crippen LogP contribution in [0.3, 0.4) is 0 Å². The molecular formula is C23H25N3. The first-order valence-corrected chi connectivity index (χ1v) is 9.51. The van der Waals surface area contributed by atoms with Crippen molar-refractivity contribution in [2.45, 2.75) is 52.0 Å². The van der Waals surface area contributed by atoms with E-state index in [0.717, 1.165) is 33.3 Å². The van der Waals surface area contributed by atoms with E-state index >= 15 is 0 Å². The molecular weight excluding hydrogens is 318 g/mol. The summed E-state index contributed by atoms with van der Waals surface area (Å²) in [5.74, 6) is 0. The fraction of sp³-hybridized carbons (Fsp3) is 0.348. The zero-order valence-electron chi connectivity index (χ0n) is 15.5. The van der Waals surface area contributed by atoms with Gasteiger partial charge in [0.05, 0.1) is 11.6 Å². The van der Waals surface area contributed by atoms with Crippen molar-refractivity contribution in [1.29, 1.82) is 5.26 Å². The molecule has 0 spiro atoms. The number of aromatic nitrogens is 1. The molecule has 2 N–H and O–H groups in total. The highest BCUT2D eigenvalue weighted by molar-refractivity contribution is 5.98. The Morgan fingerprint density at radius 2 is 1.85 bits per heavy atom. The molecule has 3 heteroatoms. The van der Waals surface area contributed by atoms with E-state index in [2.05, 4.69) is 42.0 Å². The summed E-state index contributed by atoms with van der Waals surface area (Å²) in [6, 6.07) is 13.2. The number of anilines is 1. The highest BCUT2D eigenvalue weighted by atomic mass is 15.0. The Morgan fingerprint density at radius 1 is 1.08 bits per heavy atom. The lowest BCUT2D eigenvalue weighted by molar-refractivity contribution is 0.361. The predicted molar refractivity (Wildman–Crippen MR) is 108 cm³/mol. The number of rotatable bonds is 2. The van der Waals surface area contributed by atoms with Crippen molar-refractivity contribution >= 4 is 16.6 Å². The van der Waals surface area contributed by atoms with E-state index in [0.29, 0.717) is 6.04 Å². The summed E-state index contributed by atoms with van der Waals surface area (Å²) >= 11 is 0. The molecule has 1 aromatic heterocycles. The Morgan fingerprint density at radius 3 is 2.58 bits per heavy atom. The first-order chi connectivity index (χ1) is 12.6. The van der Waals surface area contributed by atoms with Crippen molar-refractivity contribution < 1.29 is 0 Å². The maximum atomic E-state index is 9.52. The molecule has 0 saturated heterocycles. The number of aryl methyl sites for hydroxylation is 1. The summed E-state index contributed by atoms with van der Waals surface area (Å²) in [7, 11) is 0. The SMILES string of the molecule is Cc1cc2c(cc1C#N)c(-c1cccc(N)c1C)cn2C1CCCCC1. The van der Waals surface area contributed by atoms with Crippen LogP contribution >= 0.6 is 0 Å². The van der Waals surface area contributed by atoms with Crippen LogP contribution in [0.2, 0.25) is 0 Å². The molecule has 2 aromatic carbocycles. The number of nitrogens with two attached hydrogens (primary N) is 1. The van der Waals surface area contributed by atoms with Crippen LogP contribution in [0.4, 0.5) is 5.69 Å². The van der Waals surface area contributed by atoms with Gasteiger partial charge in [0.1, 0.15) is 0 Å². The summed E-state index contributed by atoms with van der Waals surface area (Å²) in [5, 5.41) is 10.7. The molecule has 4 rings (SSSR count). The number of nitriles is 1. The van der Waals surface area contributed by atoms with Crippen molar-refractivity contribution in [3.63, 3.8) is 0 Å². The standard InChI is InChI=1S/C23H25N3/c1-15-11-23-20(12-17(15)13-24)21(19-9-6-10-22(25)16(19)2)14-26(23)18-7-4-3-5-8-18/h6,9-12,14,18H,3-5,7-8,25H2,1-2H3. The van der Waals surface area contributed by atoms with Crippen LogP contribution < -0.4 is 5.73 Å². The molecule has 1 aliphatic rings. The molecule has 1 fully saturated rings. The molecule has 1 aliphatic carbocycles. The highest BCUT2D eigenvalue weighted by Crippen LogP contribution is 2.39. The molecule has 0 radical (unpaired) electrons. The number of nitrogens with zero attached hydrogens (tertiary/aromatic N) is 2. The molecule has 0 unspecified atom stereocenters. The predicted octanol–water partition coefficient (Wildman–Crippen LogP) is 5.88. The lowest BCUT2D eigenvalue weighted by Gasteiger charge is -2.24. The van der Waals surface area contributed by atoms with Crippen LogP contribution in [0, 0.1) is 25.2 Å². The topological polar surface area (TPSA) is 54.7 Å². The Labute approximate surface area is 155 Å². The quantitative estimate of drug-likeness (QED) is 0.590. The highest BCUT2D eigenvalue weighted by Gasteiger charge is 2.21. The minimum atomic E-state index is 0.550. The van der Waals surface area contributed by atoms with Gasteiger partial charge in [-0.1, -0.05) is 31.4 Å². The second kappa shape index (κ2) is 6.53. The van der Waals surface area contributed by atoms with Crippen molar-refractivity contribution in [2.24, 2.45) is 0 Å². The summed E-state index contributed by atoms with van der Waals surface area (Å²) in [6.45, 7) is 4.11. The molecule has 132 valence electrons. The van der Waals surface area contributed by atoms with Gasteiger partial charge in [-0.3, -0.25) is 0 Å². The smallest absolute Gasteiger partial charge is 0.0994 e.